The van der Waals surface area contributed by atoms with E-state index in [0.717, 1.165) is 15.8 Å². The molecule has 2 N–H and O–H groups in total. The van der Waals surface area contributed by atoms with Gasteiger partial charge in [0, 0.05) is 5.39 Å². The summed E-state index contributed by atoms with van der Waals surface area (Å²) < 4.78 is 6.07. The van der Waals surface area contributed by atoms with Gasteiger partial charge in [0.2, 0.25) is 0 Å². The van der Waals surface area contributed by atoms with Crippen LogP contribution in [0.3, 0.4) is 0 Å². The third kappa shape index (κ3) is 1.19. The number of nitrogen functional groups attached to an aromatic ring is 1. The second kappa shape index (κ2) is 3.20. The van der Waals surface area contributed by atoms with Gasteiger partial charge in [-0.2, -0.15) is 5.26 Å². The highest BCUT2D eigenvalue weighted by Crippen LogP contribution is 2.36. The molecule has 0 atom stereocenters. The summed E-state index contributed by atoms with van der Waals surface area (Å²) in [5.74, 6) is 0.756. The maximum Gasteiger partial charge on any atom is 0.127 e. The molecule has 0 saturated carbocycles. The molecule has 2 rings (SSSR count). The number of nitrogens with zero attached hydrogens (tertiary/aromatic N) is 1. The summed E-state index contributed by atoms with van der Waals surface area (Å²) in [5, 5.41) is 10.5. The first-order valence-electron chi connectivity index (χ1n) is 4.02. The summed E-state index contributed by atoms with van der Waals surface area (Å²) in [7, 11) is 1.61. The number of rotatable bonds is 1. The van der Waals surface area contributed by atoms with Crippen LogP contribution in [0.2, 0.25) is 0 Å². The lowest BCUT2D eigenvalue weighted by Gasteiger charge is -2.01. The Labute approximate surface area is 85.3 Å². The number of nitrogens with two attached hydrogens (primary N) is 1. The molecule has 0 amide bonds. The van der Waals surface area contributed by atoms with Crippen molar-refractivity contribution in [3.8, 4) is 11.8 Å². The van der Waals surface area contributed by atoms with E-state index >= 15 is 0 Å². The number of hydrogen-bond donors (Lipinski definition) is 1. The van der Waals surface area contributed by atoms with E-state index in [0.29, 0.717) is 10.6 Å². The Hall–Kier alpha value is -1.73. The second-order valence-electron chi connectivity index (χ2n) is 2.82. The smallest absolute Gasteiger partial charge is 0.127 e. The molecule has 0 spiro atoms. The van der Waals surface area contributed by atoms with Gasteiger partial charge in [0.1, 0.15) is 11.8 Å². The Kier molecular flexibility index (Phi) is 2.02. The van der Waals surface area contributed by atoms with Gasteiger partial charge >= 0.3 is 0 Å². The first-order valence-corrected chi connectivity index (χ1v) is 4.84. The van der Waals surface area contributed by atoms with Crippen LogP contribution in [0.15, 0.2) is 18.2 Å². The monoisotopic (exact) mass is 204 g/mol. The molecule has 70 valence electrons. The predicted octanol–water partition coefficient (Wildman–Crippen LogP) is 2.36. The van der Waals surface area contributed by atoms with Gasteiger partial charge in [-0.05, 0) is 18.2 Å². The van der Waals surface area contributed by atoms with Crippen molar-refractivity contribution in [3.63, 3.8) is 0 Å². The number of thiophene rings is 1. The summed E-state index contributed by atoms with van der Waals surface area (Å²) in [6, 6.07) is 7.50. The number of methoxy groups -OCH3 is 1. The molecule has 0 fully saturated rings. The average molecular weight is 204 g/mol. The molecule has 1 aromatic carbocycles. The van der Waals surface area contributed by atoms with Crippen LogP contribution in [0.5, 0.6) is 5.75 Å². The fraction of sp³-hybridized carbons (Fsp3) is 0.100. The zero-order chi connectivity index (χ0) is 10.1. The number of hydrogen-bond acceptors (Lipinski definition) is 4. The Morgan fingerprint density at radius 1 is 1.50 bits per heavy atom. The third-order valence-electron chi connectivity index (χ3n) is 2.00. The highest BCUT2D eigenvalue weighted by atomic mass is 32.1. The highest BCUT2D eigenvalue weighted by molar-refractivity contribution is 7.22. The van der Waals surface area contributed by atoms with E-state index in [4.69, 9.17) is 15.7 Å². The molecule has 2 aromatic rings. The molecular weight excluding hydrogens is 196 g/mol. The predicted molar refractivity (Wildman–Crippen MR) is 57.5 cm³/mol. The van der Waals surface area contributed by atoms with E-state index in [9.17, 15) is 0 Å². The molecule has 1 aromatic heterocycles. The summed E-state index contributed by atoms with van der Waals surface area (Å²) >= 11 is 1.41. The topological polar surface area (TPSA) is 59.0 Å². The maximum atomic E-state index is 8.88. The molecule has 0 aliphatic carbocycles. The largest absolute Gasteiger partial charge is 0.496 e. The number of nitriles is 1. The molecule has 0 radical (unpaired) electrons. The lowest BCUT2D eigenvalue weighted by Crippen LogP contribution is -1.84. The van der Waals surface area contributed by atoms with Crippen LogP contribution < -0.4 is 10.5 Å². The Balaban J connectivity index is 2.86. The molecular formula is C10H8N2OS. The van der Waals surface area contributed by atoms with Crippen molar-refractivity contribution in [1.29, 1.82) is 5.26 Å². The average Bonchev–Trinajstić information content (AvgIpc) is 2.57. The quantitative estimate of drug-likeness (QED) is 0.775. The maximum absolute atomic E-state index is 8.88. The van der Waals surface area contributed by atoms with E-state index in [1.54, 1.807) is 19.2 Å². The molecule has 3 nitrogen and oxygen atoms in total. The summed E-state index contributed by atoms with van der Waals surface area (Å²) in [6.07, 6.45) is 0. The van der Waals surface area contributed by atoms with Crippen molar-refractivity contribution in [2.24, 2.45) is 0 Å². The van der Waals surface area contributed by atoms with Gasteiger partial charge in [-0.1, -0.05) is 0 Å². The molecule has 0 bridgehead atoms. The number of fused-ring (bicyclic) bond motifs is 1. The lowest BCUT2D eigenvalue weighted by atomic mass is 10.1. The summed E-state index contributed by atoms with van der Waals surface area (Å²) in [5.41, 5.74) is 6.33. The SMILES string of the molecule is COc1ccc(C#N)c2sc(N)cc12. The fourth-order valence-electron chi connectivity index (χ4n) is 1.38. The van der Waals surface area contributed by atoms with Crippen molar-refractivity contribution >= 4 is 26.4 Å². The van der Waals surface area contributed by atoms with Gasteiger partial charge in [-0.3, -0.25) is 0 Å². The van der Waals surface area contributed by atoms with Crippen molar-refractivity contribution in [2.45, 2.75) is 0 Å². The van der Waals surface area contributed by atoms with Gasteiger partial charge in [0.25, 0.3) is 0 Å². The van der Waals surface area contributed by atoms with Crippen LogP contribution in [-0.2, 0) is 0 Å². The van der Waals surface area contributed by atoms with Gasteiger partial charge in [0.15, 0.2) is 0 Å². The van der Waals surface area contributed by atoms with Crippen LogP contribution in [0.1, 0.15) is 5.56 Å². The minimum atomic E-state index is 0.641. The summed E-state index contributed by atoms with van der Waals surface area (Å²) in [4.78, 5) is 0. The van der Waals surface area contributed by atoms with Gasteiger partial charge in [-0.25, -0.2) is 0 Å². The van der Waals surface area contributed by atoms with E-state index in [-0.39, 0.29) is 0 Å². The molecule has 0 saturated heterocycles. The highest BCUT2D eigenvalue weighted by Gasteiger charge is 2.09. The van der Waals surface area contributed by atoms with E-state index in [2.05, 4.69) is 6.07 Å². The molecule has 0 aliphatic rings. The number of benzene rings is 1. The van der Waals surface area contributed by atoms with Crippen LogP contribution in [-0.4, -0.2) is 7.11 Å². The third-order valence-corrected chi connectivity index (χ3v) is 3.00. The zero-order valence-electron chi connectivity index (χ0n) is 7.57. The Morgan fingerprint density at radius 2 is 2.29 bits per heavy atom. The van der Waals surface area contributed by atoms with Crippen LogP contribution in [0.4, 0.5) is 5.00 Å². The van der Waals surface area contributed by atoms with Crippen molar-refractivity contribution in [1.82, 2.24) is 0 Å². The Morgan fingerprint density at radius 3 is 2.93 bits per heavy atom. The summed E-state index contributed by atoms with van der Waals surface area (Å²) in [6.45, 7) is 0. The second-order valence-corrected chi connectivity index (χ2v) is 3.90. The molecule has 0 unspecified atom stereocenters. The zero-order valence-corrected chi connectivity index (χ0v) is 8.39. The van der Waals surface area contributed by atoms with Crippen molar-refractivity contribution in [3.05, 3.63) is 23.8 Å². The minimum Gasteiger partial charge on any atom is -0.496 e. The van der Waals surface area contributed by atoms with Crippen LogP contribution in [0, 0.1) is 11.3 Å². The first kappa shape index (κ1) is 8.85. The van der Waals surface area contributed by atoms with E-state index in [1.807, 2.05) is 6.07 Å². The van der Waals surface area contributed by atoms with Crippen molar-refractivity contribution < 1.29 is 4.74 Å². The van der Waals surface area contributed by atoms with Crippen molar-refractivity contribution in [2.75, 3.05) is 12.8 Å². The fourth-order valence-corrected chi connectivity index (χ4v) is 2.29. The molecule has 14 heavy (non-hydrogen) atoms. The minimum absolute atomic E-state index is 0.641. The lowest BCUT2D eigenvalue weighted by molar-refractivity contribution is 0.420. The molecule has 0 aliphatic heterocycles. The molecule has 4 heteroatoms. The van der Waals surface area contributed by atoms with Crippen LogP contribution >= 0.6 is 11.3 Å². The number of ether oxygens (including phenoxy) is 1. The van der Waals surface area contributed by atoms with Gasteiger partial charge in [-0.15, -0.1) is 11.3 Å². The normalized spacial score (nSPS) is 10.0. The first-order chi connectivity index (χ1) is 6.76. The standard InChI is InChI=1S/C10H8N2OS/c1-13-8-3-2-6(5-11)10-7(8)4-9(12)14-10/h2-4H,12H2,1H3. The van der Waals surface area contributed by atoms with Gasteiger partial charge in [0.05, 0.1) is 22.4 Å². The number of anilines is 1. The van der Waals surface area contributed by atoms with E-state index < -0.39 is 0 Å². The van der Waals surface area contributed by atoms with Gasteiger partial charge < -0.3 is 10.5 Å². The van der Waals surface area contributed by atoms with Crippen LogP contribution in [0.25, 0.3) is 10.1 Å². The Bertz CT molecular complexity index is 525. The van der Waals surface area contributed by atoms with E-state index in [1.165, 1.54) is 11.3 Å². The molecule has 1 heterocycles.